The molecule has 1 aliphatic rings. The van der Waals surface area contributed by atoms with E-state index in [-0.39, 0.29) is 23.5 Å². The summed E-state index contributed by atoms with van der Waals surface area (Å²) in [6.07, 6.45) is 1.32. The Labute approximate surface area is 235 Å². The molecule has 1 N–H and O–H groups in total. The fourth-order valence-corrected chi connectivity index (χ4v) is 4.30. The number of para-hydroxylation sites is 3. The van der Waals surface area contributed by atoms with E-state index in [0.29, 0.717) is 22.1 Å². The molecular formula is C31H22ClN3O5. The van der Waals surface area contributed by atoms with Gasteiger partial charge in [-0.3, -0.25) is 14.4 Å². The number of amides is 5. The van der Waals surface area contributed by atoms with Crippen LogP contribution in [0, 0.1) is 0 Å². The fraction of sp³-hybridized carbons (Fsp3) is 0.0323. The Balaban J connectivity index is 1.50. The number of carbonyl (C=O) groups is 4. The molecule has 4 aromatic rings. The summed E-state index contributed by atoms with van der Waals surface area (Å²) >= 11 is 6.24. The molecule has 8 nitrogen and oxygen atoms in total. The van der Waals surface area contributed by atoms with Crippen LogP contribution in [0.3, 0.4) is 0 Å². The number of ether oxygens (including phenoxy) is 1. The monoisotopic (exact) mass is 551 g/mol. The van der Waals surface area contributed by atoms with E-state index in [2.05, 4.69) is 5.32 Å². The molecular weight excluding hydrogens is 530 g/mol. The van der Waals surface area contributed by atoms with Crippen LogP contribution < -0.4 is 19.9 Å². The number of barbiturate groups is 1. The molecule has 1 fully saturated rings. The number of hydrogen-bond donors (Lipinski definition) is 1. The molecule has 198 valence electrons. The highest BCUT2D eigenvalue weighted by Crippen LogP contribution is 2.32. The summed E-state index contributed by atoms with van der Waals surface area (Å²) in [5.74, 6) is -1.79. The predicted molar refractivity (Wildman–Crippen MR) is 153 cm³/mol. The van der Waals surface area contributed by atoms with Gasteiger partial charge in [-0.05, 0) is 60.7 Å². The maximum absolute atomic E-state index is 13.6. The Bertz CT molecular complexity index is 1540. The van der Waals surface area contributed by atoms with Crippen molar-refractivity contribution in [3.8, 4) is 5.75 Å². The highest BCUT2D eigenvalue weighted by molar-refractivity contribution is 6.46. The topological polar surface area (TPSA) is 96.0 Å². The molecule has 0 aliphatic carbocycles. The molecule has 0 atom stereocenters. The number of urea groups is 1. The summed E-state index contributed by atoms with van der Waals surface area (Å²) in [4.78, 5) is 55.1. The van der Waals surface area contributed by atoms with Crippen LogP contribution in [0.5, 0.6) is 5.75 Å². The Morgan fingerprint density at radius 3 is 1.82 bits per heavy atom. The number of imide groups is 2. The Morgan fingerprint density at radius 1 is 0.750 bits per heavy atom. The summed E-state index contributed by atoms with van der Waals surface area (Å²) in [6.45, 7) is -0.334. The number of nitrogens with zero attached hydrogens (tertiary/aromatic N) is 2. The van der Waals surface area contributed by atoms with Crippen LogP contribution >= 0.6 is 11.6 Å². The Kier molecular flexibility index (Phi) is 7.70. The molecule has 0 spiro atoms. The highest BCUT2D eigenvalue weighted by atomic mass is 35.5. The van der Waals surface area contributed by atoms with Crippen LogP contribution in [-0.2, 0) is 14.4 Å². The van der Waals surface area contributed by atoms with Gasteiger partial charge in [0.15, 0.2) is 6.61 Å². The molecule has 0 aromatic heterocycles. The van der Waals surface area contributed by atoms with Gasteiger partial charge in [-0.15, -0.1) is 0 Å². The van der Waals surface area contributed by atoms with Crippen molar-refractivity contribution >= 4 is 58.5 Å². The number of benzene rings is 4. The van der Waals surface area contributed by atoms with Crippen molar-refractivity contribution in [1.29, 1.82) is 0 Å². The Morgan fingerprint density at radius 2 is 1.27 bits per heavy atom. The highest BCUT2D eigenvalue weighted by Gasteiger charge is 2.43. The standard InChI is InChI=1S/C31H22ClN3O5/c32-22-16-17-27(40-20-28(36)33-23-10-4-1-5-11-23)21(18-22)19-26-29(37)34(24-12-6-2-7-13-24)31(39)35(30(26)38)25-14-8-3-9-15-25/h1-19H,20H2,(H,33,36). The fourth-order valence-electron chi connectivity index (χ4n) is 4.12. The van der Waals surface area contributed by atoms with E-state index >= 15 is 0 Å². The minimum absolute atomic E-state index is 0.218. The zero-order chi connectivity index (χ0) is 28.1. The second-order valence-corrected chi connectivity index (χ2v) is 9.11. The van der Waals surface area contributed by atoms with Crippen LogP contribution in [0.15, 0.2) is 115 Å². The number of halogens is 1. The molecule has 5 rings (SSSR count). The molecule has 5 amide bonds. The Hall–Kier alpha value is -5.21. The summed E-state index contributed by atoms with van der Waals surface area (Å²) in [5, 5.41) is 3.05. The second-order valence-electron chi connectivity index (χ2n) is 8.68. The predicted octanol–water partition coefficient (Wildman–Crippen LogP) is 5.94. The van der Waals surface area contributed by atoms with Gasteiger partial charge < -0.3 is 10.1 Å². The first-order valence-corrected chi connectivity index (χ1v) is 12.6. The first-order chi connectivity index (χ1) is 19.4. The maximum Gasteiger partial charge on any atom is 0.343 e. The van der Waals surface area contributed by atoms with E-state index in [1.807, 2.05) is 6.07 Å². The lowest BCUT2D eigenvalue weighted by atomic mass is 10.0. The molecule has 40 heavy (non-hydrogen) atoms. The zero-order valence-electron chi connectivity index (χ0n) is 21.0. The molecule has 1 saturated heterocycles. The van der Waals surface area contributed by atoms with Gasteiger partial charge in [-0.2, -0.15) is 0 Å². The summed E-state index contributed by atoms with van der Waals surface area (Å²) in [6, 6.07) is 29.4. The van der Waals surface area contributed by atoms with Gasteiger partial charge in [0.1, 0.15) is 11.3 Å². The van der Waals surface area contributed by atoms with Crippen molar-refractivity contribution in [3.05, 3.63) is 125 Å². The quantitative estimate of drug-likeness (QED) is 0.226. The number of carbonyl (C=O) groups excluding carboxylic acids is 4. The van der Waals surface area contributed by atoms with Crippen LogP contribution in [-0.4, -0.2) is 30.4 Å². The van der Waals surface area contributed by atoms with Crippen molar-refractivity contribution in [2.45, 2.75) is 0 Å². The lowest BCUT2D eigenvalue weighted by Gasteiger charge is -2.34. The number of rotatable bonds is 7. The van der Waals surface area contributed by atoms with Crippen LogP contribution in [0.1, 0.15) is 5.56 Å². The van der Waals surface area contributed by atoms with Gasteiger partial charge in [0.2, 0.25) is 0 Å². The molecule has 9 heteroatoms. The van der Waals surface area contributed by atoms with E-state index in [1.54, 1.807) is 91.0 Å². The molecule has 1 heterocycles. The molecule has 0 unspecified atom stereocenters. The van der Waals surface area contributed by atoms with Crippen molar-refractivity contribution in [2.75, 3.05) is 21.7 Å². The van der Waals surface area contributed by atoms with Gasteiger partial charge in [-0.25, -0.2) is 14.6 Å². The molecule has 1 aliphatic heterocycles. The van der Waals surface area contributed by atoms with Gasteiger partial charge >= 0.3 is 6.03 Å². The van der Waals surface area contributed by atoms with Gasteiger partial charge in [-0.1, -0.05) is 66.2 Å². The van der Waals surface area contributed by atoms with E-state index in [9.17, 15) is 19.2 Å². The van der Waals surface area contributed by atoms with Gasteiger partial charge in [0.05, 0.1) is 11.4 Å². The third-order valence-electron chi connectivity index (χ3n) is 5.97. The average molecular weight is 552 g/mol. The van der Waals surface area contributed by atoms with E-state index in [1.165, 1.54) is 18.2 Å². The van der Waals surface area contributed by atoms with Gasteiger partial charge in [0, 0.05) is 16.3 Å². The van der Waals surface area contributed by atoms with Crippen LogP contribution in [0.25, 0.3) is 6.08 Å². The molecule has 0 radical (unpaired) electrons. The lowest BCUT2D eigenvalue weighted by Crippen LogP contribution is -2.57. The smallest absolute Gasteiger partial charge is 0.343 e. The van der Waals surface area contributed by atoms with Crippen molar-refractivity contribution < 1.29 is 23.9 Å². The van der Waals surface area contributed by atoms with Crippen molar-refractivity contribution in [3.63, 3.8) is 0 Å². The number of hydrogen-bond acceptors (Lipinski definition) is 5. The molecule has 4 aromatic carbocycles. The minimum Gasteiger partial charge on any atom is -0.483 e. The van der Waals surface area contributed by atoms with E-state index in [0.717, 1.165) is 9.80 Å². The molecule has 0 bridgehead atoms. The average Bonchev–Trinajstić information content (AvgIpc) is 2.96. The molecule has 0 saturated carbocycles. The maximum atomic E-state index is 13.6. The van der Waals surface area contributed by atoms with Crippen LogP contribution in [0.4, 0.5) is 21.9 Å². The summed E-state index contributed by atoms with van der Waals surface area (Å²) in [7, 11) is 0. The SMILES string of the molecule is O=C(COc1ccc(Cl)cc1C=C1C(=O)N(c2ccccc2)C(=O)N(c2ccccc2)C1=O)Nc1ccccc1. The second kappa shape index (κ2) is 11.7. The number of anilines is 3. The minimum atomic E-state index is -0.805. The van der Waals surface area contributed by atoms with Gasteiger partial charge in [0.25, 0.3) is 17.7 Å². The van der Waals surface area contributed by atoms with Crippen molar-refractivity contribution in [1.82, 2.24) is 0 Å². The normalized spacial score (nSPS) is 13.3. The summed E-state index contributed by atoms with van der Waals surface area (Å²) in [5.41, 5.74) is 1.22. The third-order valence-corrected chi connectivity index (χ3v) is 6.20. The summed E-state index contributed by atoms with van der Waals surface area (Å²) < 4.78 is 5.75. The van der Waals surface area contributed by atoms with Crippen LogP contribution in [0.2, 0.25) is 5.02 Å². The largest absolute Gasteiger partial charge is 0.483 e. The van der Waals surface area contributed by atoms with E-state index in [4.69, 9.17) is 16.3 Å². The van der Waals surface area contributed by atoms with E-state index < -0.39 is 23.8 Å². The zero-order valence-corrected chi connectivity index (χ0v) is 21.7. The first-order valence-electron chi connectivity index (χ1n) is 12.2. The van der Waals surface area contributed by atoms with Crippen molar-refractivity contribution in [2.24, 2.45) is 0 Å². The lowest BCUT2D eigenvalue weighted by molar-refractivity contribution is -0.121. The first kappa shape index (κ1) is 26.4. The number of nitrogens with one attached hydrogen (secondary N) is 1. The third kappa shape index (κ3) is 5.62.